The number of fused-ring (bicyclic) bond motifs is 22. The van der Waals surface area contributed by atoms with Gasteiger partial charge in [-0.25, -0.2) is 19.4 Å². The van der Waals surface area contributed by atoms with Crippen LogP contribution in [0.5, 0.6) is 0 Å². The molecule has 20 nitrogen and oxygen atoms in total. The topological polar surface area (TPSA) is 248 Å². The van der Waals surface area contributed by atoms with E-state index in [0.29, 0.717) is 102 Å². The molecular weight excluding hydrogens is 1620 g/mol. The fraction of sp³-hybridized carbons (Fsp3) is 0.551. The number of carbonyl (C=O) groups is 6. The van der Waals surface area contributed by atoms with Crippen LogP contribution in [0.4, 0.5) is 9.59 Å². The number of benzene rings is 6. The maximum absolute atomic E-state index is 13.4. The summed E-state index contributed by atoms with van der Waals surface area (Å²) in [6.07, 6.45) is 27.2. The average Bonchev–Trinajstić information content (AvgIpc) is 1.59. The molecule has 8 fully saturated rings. The largest absolute Gasteiger partial charge is 0.481 e. The molecule has 8 unspecified atom stereocenters. The quantitative estimate of drug-likeness (QED) is 0.0492. The van der Waals surface area contributed by atoms with Crippen LogP contribution in [0.15, 0.2) is 146 Å². The molecule has 8 aliphatic heterocycles. The summed E-state index contributed by atoms with van der Waals surface area (Å²) in [5.41, 5.74) is 16.8. The van der Waals surface area contributed by atoms with Crippen LogP contribution in [0.3, 0.4) is 0 Å². The number of nitrogens with zero attached hydrogens (tertiary/aromatic N) is 6. The van der Waals surface area contributed by atoms with E-state index in [2.05, 4.69) is 150 Å². The Bertz CT molecular complexity index is 5110. The van der Waals surface area contributed by atoms with Gasteiger partial charge in [0.15, 0.2) is 0 Å². The number of halogens is 1. The van der Waals surface area contributed by atoms with Crippen molar-refractivity contribution in [3.05, 3.63) is 223 Å². The van der Waals surface area contributed by atoms with Gasteiger partial charge in [-0.1, -0.05) is 127 Å². The molecule has 0 spiro atoms. The fourth-order valence-electron chi connectivity index (χ4n) is 23.5. The van der Waals surface area contributed by atoms with Crippen molar-refractivity contribution >= 4 is 69.3 Å². The number of aliphatic carboxylic acids is 1. The number of rotatable bonds is 16. The zero-order chi connectivity index (χ0) is 90.2. The van der Waals surface area contributed by atoms with Crippen LogP contribution in [-0.2, 0) is 19.1 Å². The SMILES string of the molecule is CC(C)(C)OC(=O)NCC1CCC(C(=O)N2C3CCC2c2ccccc23)CC1.CC(C)(C)OC(=O)NCC1CCC(C(=O)O)CC1.CNCC1CCC(CN2C3CCC2c2ccccc23)CC1.Cc1ccc(C(=O)N(C)CC2CCC(CN3C4CCC3c3ccccc34)CC2)c2ccc(Cl)nc12.Cc1ccc2c(C(=O)O)ccc(C)c2n1.c1ccc2c(c1)C1CCC2N1. The summed E-state index contributed by atoms with van der Waals surface area (Å²) in [5.74, 6) is 2.78. The van der Waals surface area contributed by atoms with E-state index in [1.165, 1.54) is 121 Å². The lowest BCUT2D eigenvalue weighted by atomic mass is 9.81. The molecule has 6 N–H and O–H groups in total. The lowest BCUT2D eigenvalue weighted by molar-refractivity contribution is -0.143. The van der Waals surface area contributed by atoms with Crippen LogP contribution in [0.2, 0.25) is 5.15 Å². The smallest absolute Gasteiger partial charge is 0.407 e. The zero-order valence-electron chi connectivity index (χ0n) is 77.5. The Morgan fingerprint density at radius 2 is 0.797 bits per heavy atom. The minimum Gasteiger partial charge on any atom is -0.481 e. The van der Waals surface area contributed by atoms with Crippen molar-refractivity contribution in [3.8, 4) is 0 Å². The Balaban J connectivity index is 0.000000123. The number of nitrogens with one attached hydrogen (secondary N) is 4. The van der Waals surface area contributed by atoms with Gasteiger partial charge in [0.2, 0.25) is 5.91 Å². The number of hydrogen-bond acceptors (Lipinski definition) is 14. The molecule has 684 valence electrons. The van der Waals surface area contributed by atoms with Crippen molar-refractivity contribution < 1.29 is 48.5 Å². The van der Waals surface area contributed by atoms with Crippen LogP contribution in [0.25, 0.3) is 21.8 Å². The van der Waals surface area contributed by atoms with Crippen molar-refractivity contribution in [2.24, 2.45) is 47.3 Å². The first kappa shape index (κ1) is 93.4. The summed E-state index contributed by atoms with van der Waals surface area (Å²) in [4.78, 5) is 90.3. The van der Waals surface area contributed by atoms with E-state index in [4.69, 9.17) is 31.3 Å². The van der Waals surface area contributed by atoms with E-state index in [0.717, 1.165) is 127 Å². The normalized spacial score (nSPS) is 26.5. The third-order valence-corrected chi connectivity index (χ3v) is 30.1. The first-order valence-electron chi connectivity index (χ1n) is 48.2. The van der Waals surface area contributed by atoms with Gasteiger partial charge in [0, 0.05) is 104 Å². The number of aryl methyl sites for hydroxylation is 3. The highest BCUT2D eigenvalue weighted by molar-refractivity contribution is 6.30. The summed E-state index contributed by atoms with van der Waals surface area (Å²) in [6, 6.07) is 55.0. The van der Waals surface area contributed by atoms with Crippen LogP contribution in [0.1, 0.15) is 326 Å². The standard InChI is InChI=1S/C30H34ClN3O.C23H32N2O3.C19H28N2.C13H23NO4.C12H11NO2.C10H11N/c1-19-7-12-25(24-13-16-28(31)32-29(19)24)30(35)33(2)17-20-8-10-21(11-9-20)18-34-26-14-15-27(34)23-6-4-3-5-22(23)26;1-23(2,3)28-22(27)24-14-15-8-10-16(11-9-15)21(26)25-19-12-13-20(25)18-7-5-4-6-17(18)19;1-20-12-14-6-8-15(9-7-14)13-21-18-10-11-19(21)17-5-3-2-4-16(17)18;1-13(2,3)18-12(17)14-8-9-4-6-10(7-5-9)11(15)16;1-7-3-5-10(12(14)15)9-6-4-8(2)13-11(7)9;1-2-4-8-7(3-1)9-5-6-10(8)11-9/h3-7,12-13,16,20-21,26-27H,8-11,14-15,17-18H2,1-2H3;4-7,15-16,19-20H,8-14H2,1-3H3,(H,24,27);2-5,14-15,18-20H,6-13H2,1H3;9-10H,4-8H2,1-3H3,(H,14,17)(H,15,16);3-6H,1-2H3,(H,14,15);1-4,9-11H,5-6H2. The van der Waals surface area contributed by atoms with Gasteiger partial charge in [-0.2, -0.15) is 0 Å². The second-order valence-corrected chi connectivity index (χ2v) is 41.3. The van der Waals surface area contributed by atoms with Crippen LogP contribution >= 0.6 is 11.6 Å². The van der Waals surface area contributed by atoms with Gasteiger partial charge in [0.05, 0.1) is 34.6 Å². The van der Waals surface area contributed by atoms with Crippen molar-refractivity contribution in [3.63, 3.8) is 0 Å². The molecule has 4 saturated carbocycles. The first-order chi connectivity index (χ1) is 61.5. The maximum atomic E-state index is 13.4. The van der Waals surface area contributed by atoms with Gasteiger partial charge in [0.25, 0.3) is 5.91 Å². The highest BCUT2D eigenvalue weighted by Crippen LogP contribution is 2.57. The minimum atomic E-state index is -0.911. The molecule has 6 aromatic carbocycles. The van der Waals surface area contributed by atoms with Gasteiger partial charge >= 0.3 is 24.1 Å². The molecule has 20 rings (SSSR count). The summed E-state index contributed by atoms with van der Waals surface area (Å²) >= 11 is 6.11. The van der Waals surface area contributed by atoms with Crippen LogP contribution in [0, 0.1) is 68.1 Å². The Morgan fingerprint density at radius 3 is 1.23 bits per heavy atom. The second kappa shape index (κ2) is 41.4. The molecule has 8 atom stereocenters. The van der Waals surface area contributed by atoms with Crippen molar-refractivity contribution in [1.29, 1.82) is 0 Å². The Morgan fingerprint density at radius 1 is 0.430 bits per heavy atom. The number of aromatic carboxylic acids is 1. The van der Waals surface area contributed by atoms with E-state index in [-0.39, 0.29) is 23.8 Å². The molecule has 2 aromatic heterocycles. The summed E-state index contributed by atoms with van der Waals surface area (Å²) < 4.78 is 10.5. The lowest BCUT2D eigenvalue weighted by Crippen LogP contribution is -2.38. The molecule has 10 heterocycles. The van der Waals surface area contributed by atoms with Gasteiger partial charge in [-0.05, 0) is 351 Å². The number of aromatic nitrogens is 2. The second-order valence-electron chi connectivity index (χ2n) is 40.9. The predicted octanol–water partition coefficient (Wildman–Crippen LogP) is 22.7. The number of hydrogen-bond donors (Lipinski definition) is 6. The van der Waals surface area contributed by atoms with E-state index in [1.807, 2.05) is 105 Å². The number of pyridine rings is 2. The number of carboxylic acids is 2. The highest BCUT2D eigenvalue weighted by Gasteiger charge is 2.50. The van der Waals surface area contributed by atoms with Crippen molar-refractivity contribution in [2.45, 2.75) is 276 Å². The Labute approximate surface area is 764 Å². The van der Waals surface area contributed by atoms with Gasteiger partial charge in [-0.15, -0.1) is 0 Å². The van der Waals surface area contributed by atoms with Crippen molar-refractivity contribution in [2.75, 3.05) is 53.4 Å². The molecule has 4 aliphatic carbocycles. The van der Waals surface area contributed by atoms with E-state index in [1.54, 1.807) is 51.6 Å². The summed E-state index contributed by atoms with van der Waals surface area (Å²) in [5, 5.41) is 32.5. The monoisotopic (exact) mass is 1760 g/mol. The number of ether oxygens (including phenoxy) is 2. The zero-order valence-corrected chi connectivity index (χ0v) is 78.3. The van der Waals surface area contributed by atoms with E-state index >= 15 is 0 Å². The molecule has 8 aromatic rings. The predicted molar refractivity (Wildman–Crippen MR) is 506 cm³/mol. The third kappa shape index (κ3) is 22.1. The van der Waals surface area contributed by atoms with Crippen LogP contribution in [-0.4, -0.2) is 140 Å². The number of amides is 4. The fourth-order valence-corrected chi connectivity index (χ4v) is 23.6. The first-order valence-corrected chi connectivity index (χ1v) is 48.6. The number of carboxylic acid groups (broad SMARTS) is 2. The van der Waals surface area contributed by atoms with Gasteiger partial charge < -0.3 is 50.8 Å². The molecule has 128 heavy (non-hydrogen) atoms. The van der Waals surface area contributed by atoms with E-state index < -0.39 is 29.2 Å². The molecule has 0 radical (unpaired) electrons. The Kier molecular flexibility index (Phi) is 30.2. The lowest BCUT2D eigenvalue weighted by Gasteiger charge is -2.34. The van der Waals surface area contributed by atoms with Crippen LogP contribution < -0.4 is 21.3 Å². The third-order valence-electron chi connectivity index (χ3n) is 29.9. The van der Waals surface area contributed by atoms with E-state index in [9.17, 15) is 28.8 Å². The minimum absolute atomic E-state index is 0.0765. The average molecular weight is 1760 g/mol. The molecule has 8 bridgehead atoms. The molecule has 4 saturated heterocycles. The van der Waals surface area contributed by atoms with Crippen molar-refractivity contribution in [1.82, 2.24) is 50.8 Å². The highest BCUT2D eigenvalue weighted by atomic mass is 35.5. The van der Waals surface area contributed by atoms with Gasteiger partial charge in [0.1, 0.15) is 16.4 Å². The Hall–Kier alpha value is -9.31. The summed E-state index contributed by atoms with van der Waals surface area (Å²) in [6.45, 7) is 22.7. The number of alkyl carbamates (subject to hydrolysis) is 2. The molecule has 4 amide bonds. The molecule has 12 aliphatic rings. The summed E-state index contributed by atoms with van der Waals surface area (Å²) in [7, 11) is 4.04. The maximum Gasteiger partial charge on any atom is 0.407 e. The van der Waals surface area contributed by atoms with Gasteiger partial charge in [-0.3, -0.25) is 29.2 Å². The number of carbonyl (C=O) groups excluding carboxylic acids is 4. The molecular formula is C107H139ClN10O10. The molecule has 21 heteroatoms.